The Morgan fingerprint density at radius 2 is 1.76 bits per heavy atom. The van der Waals surface area contributed by atoms with Crippen molar-refractivity contribution in [3.63, 3.8) is 0 Å². The van der Waals surface area contributed by atoms with Crippen molar-refractivity contribution in [2.75, 3.05) is 17.2 Å². The maximum Gasteiger partial charge on any atom is 0.129 e. The first-order valence-electron chi connectivity index (χ1n) is 10.9. The highest BCUT2D eigenvalue weighted by molar-refractivity contribution is 6.52. The summed E-state index contributed by atoms with van der Waals surface area (Å²) in [6.07, 6.45) is 0.838. The summed E-state index contributed by atoms with van der Waals surface area (Å²) in [5.41, 5.74) is 6.99. The molecule has 1 saturated carbocycles. The predicted molar refractivity (Wildman–Crippen MR) is 145 cm³/mol. The molecular weight excluding hydrogens is 494 g/mol. The molecule has 2 N–H and O–H groups in total. The van der Waals surface area contributed by atoms with Gasteiger partial charge in [0.1, 0.15) is 4.33 Å². The van der Waals surface area contributed by atoms with E-state index in [-0.39, 0.29) is 11.8 Å². The third-order valence-corrected chi connectivity index (χ3v) is 7.71. The molecule has 6 heteroatoms. The van der Waals surface area contributed by atoms with Gasteiger partial charge in [0.2, 0.25) is 0 Å². The van der Waals surface area contributed by atoms with Crippen molar-refractivity contribution in [3.05, 3.63) is 99.5 Å². The molecule has 33 heavy (non-hydrogen) atoms. The second kappa shape index (κ2) is 9.80. The predicted octanol–water partition coefficient (Wildman–Crippen LogP) is 9.08. The topological polar surface area (TPSA) is 24.1 Å². The zero-order valence-corrected chi connectivity index (χ0v) is 21.6. The fourth-order valence-electron chi connectivity index (χ4n) is 4.39. The molecule has 1 fully saturated rings. The number of halogens is 4. The number of aryl methyl sites for hydroxylation is 2. The number of alkyl halides is 2. The molecule has 1 aliphatic carbocycles. The van der Waals surface area contributed by atoms with Crippen LogP contribution in [0.3, 0.4) is 0 Å². The highest BCUT2D eigenvalue weighted by Crippen LogP contribution is 2.66. The molecule has 2 atom stereocenters. The van der Waals surface area contributed by atoms with Crippen LogP contribution in [-0.2, 0) is 0 Å². The van der Waals surface area contributed by atoms with Gasteiger partial charge >= 0.3 is 0 Å². The van der Waals surface area contributed by atoms with Crippen LogP contribution in [0.2, 0.25) is 10.0 Å². The maximum atomic E-state index is 6.63. The van der Waals surface area contributed by atoms with Gasteiger partial charge in [-0.15, -0.1) is 23.2 Å². The van der Waals surface area contributed by atoms with Crippen LogP contribution in [0.5, 0.6) is 0 Å². The number of nitrogens with one attached hydrogen (secondary N) is 2. The Balaban J connectivity index is 1.38. The first-order valence-corrected chi connectivity index (χ1v) is 12.4. The van der Waals surface area contributed by atoms with Gasteiger partial charge in [0.15, 0.2) is 0 Å². The molecule has 0 heterocycles. The van der Waals surface area contributed by atoms with Crippen molar-refractivity contribution in [2.24, 2.45) is 5.92 Å². The molecule has 1 aliphatic rings. The molecule has 3 aromatic carbocycles. The highest BCUT2D eigenvalue weighted by atomic mass is 35.5. The van der Waals surface area contributed by atoms with Gasteiger partial charge in [0, 0.05) is 40.4 Å². The van der Waals surface area contributed by atoms with E-state index in [1.165, 1.54) is 0 Å². The van der Waals surface area contributed by atoms with Gasteiger partial charge in [-0.3, -0.25) is 0 Å². The largest absolute Gasteiger partial charge is 0.385 e. The van der Waals surface area contributed by atoms with E-state index in [1.54, 1.807) is 0 Å². The second-order valence-corrected chi connectivity index (χ2v) is 10.9. The van der Waals surface area contributed by atoms with Gasteiger partial charge in [0.05, 0.1) is 10.7 Å². The Labute approximate surface area is 215 Å². The lowest BCUT2D eigenvalue weighted by Crippen LogP contribution is -2.05. The van der Waals surface area contributed by atoms with Crippen molar-refractivity contribution < 1.29 is 0 Å². The van der Waals surface area contributed by atoms with E-state index in [2.05, 4.69) is 36.3 Å². The van der Waals surface area contributed by atoms with Crippen molar-refractivity contribution in [1.82, 2.24) is 0 Å². The minimum atomic E-state index is -0.767. The van der Waals surface area contributed by atoms with Gasteiger partial charge in [-0.1, -0.05) is 60.1 Å². The van der Waals surface area contributed by atoms with E-state index >= 15 is 0 Å². The number of benzene rings is 3. The Hall–Kier alpha value is -1.84. The molecule has 0 radical (unpaired) electrons. The van der Waals surface area contributed by atoms with Crippen LogP contribution >= 0.6 is 46.4 Å². The third kappa shape index (κ3) is 5.46. The average molecular weight is 520 g/mol. The molecule has 172 valence electrons. The van der Waals surface area contributed by atoms with Crippen LogP contribution in [0.15, 0.2) is 67.2 Å². The summed E-state index contributed by atoms with van der Waals surface area (Å²) in [5.74, 6) is 0.247. The minimum absolute atomic E-state index is 0.0833. The molecule has 0 spiro atoms. The summed E-state index contributed by atoms with van der Waals surface area (Å²) in [6.45, 7) is 9.01. The van der Waals surface area contributed by atoms with E-state index in [1.807, 2.05) is 55.5 Å². The molecule has 4 rings (SSSR count). The number of hydrogen-bond donors (Lipinski definition) is 2. The van der Waals surface area contributed by atoms with Crippen LogP contribution in [0.1, 0.15) is 34.6 Å². The van der Waals surface area contributed by atoms with Crippen molar-refractivity contribution >= 4 is 63.5 Å². The van der Waals surface area contributed by atoms with Crippen LogP contribution in [-0.4, -0.2) is 10.9 Å². The fourth-order valence-corrected chi connectivity index (χ4v) is 5.76. The lowest BCUT2D eigenvalue weighted by molar-refractivity contribution is 0.728. The highest BCUT2D eigenvalue weighted by Gasteiger charge is 2.63. The van der Waals surface area contributed by atoms with Crippen molar-refractivity contribution in [1.29, 1.82) is 0 Å². The smallest absolute Gasteiger partial charge is 0.129 e. The Bertz CT molecular complexity index is 1170. The van der Waals surface area contributed by atoms with E-state index in [9.17, 15) is 0 Å². The Morgan fingerprint density at radius 1 is 1.00 bits per heavy atom. The summed E-state index contributed by atoms with van der Waals surface area (Å²) in [5, 5.41) is 8.17. The summed E-state index contributed by atoms with van der Waals surface area (Å²) in [7, 11) is 0. The van der Waals surface area contributed by atoms with Gasteiger partial charge < -0.3 is 10.6 Å². The standard InChI is InChI=1S/C27H26Cl4N2/c1-16-12-19(14-20(28)13-16)26-23(27(26,30)31)10-11-32-21-8-9-24(29)25(15-21)33-18(3)22-7-5-4-6-17(22)2/h4-9,12-15,23,26,32-33H,3,10-11H2,1-2H3. The lowest BCUT2D eigenvalue weighted by Gasteiger charge is -2.15. The lowest BCUT2D eigenvalue weighted by atomic mass is 10.1. The van der Waals surface area contributed by atoms with Crippen LogP contribution in [0.4, 0.5) is 11.4 Å². The molecule has 0 amide bonds. The number of rotatable bonds is 8. The monoisotopic (exact) mass is 518 g/mol. The van der Waals surface area contributed by atoms with E-state index in [0.29, 0.717) is 10.0 Å². The van der Waals surface area contributed by atoms with Crippen molar-refractivity contribution in [3.8, 4) is 0 Å². The first kappa shape index (κ1) is 24.3. The molecule has 3 aromatic rings. The molecule has 0 bridgehead atoms. The first-order chi connectivity index (χ1) is 15.7. The molecule has 0 aliphatic heterocycles. The molecule has 2 unspecified atom stereocenters. The quantitative estimate of drug-likeness (QED) is 0.290. The van der Waals surface area contributed by atoms with Gasteiger partial charge in [-0.25, -0.2) is 0 Å². The fraction of sp³-hybridized carbons (Fsp3) is 0.259. The summed E-state index contributed by atoms with van der Waals surface area (Å²) in [4.78, 5) is 0. The summed E-state index contributed by atoms with van der Waals surface area (Å²) < 4.78 is -0.767. The van der Waals surface area contributed by atoms with E-state index in [4.69, 9.17) is 46.4 Å². The number of hydrogen-bond acceptors (Lipinski definition) is 2. The number of anilines is 2. The van der Waals surface area contributed by atoms with Gasteiger partial charge in [-0.2, -0.15) is 0 Å². The Morgan fingerprint density at radius 3 is 2.48 bits per heavy atom. The minimum Gasteiger partial charge on any atom is -0.385 e. The zero-order valence-electron chi connectivity index (χ0n) is 18.6. The molecule has 0 aromatic heterocycles. The zero-order chi connectivity index (χ0) is 23.8. The van der Waals surface area contributed by atoms with Crippen molar-refractivity contribution in [2.45, 2.75) is 30.5 Å². The maximum absolute atomic E-state index is 6.63. The summed E-state index contributed by atoms with van der Waals surface area (Å²) in [6, 6.07) is 20.0. The molecule has 2 nitrogen and oxygen atoms in total. The van der Waals surface area contributed by atoms with Crippen LogP contribution < -0.4 is 10.6 Å². The van der Waals surface area contributed by atoms with Gasteiger partial charge in [0.25, 0.3) is 0 Å². The molecule has 0 saturated heterocycles. The third-order valence-electron chi connectivity index (χ3n) is 6.13. The average Bonchev–Trinajstić information content (AvgIpc) is 3.30. The van der Waals surface area contributed by atoms with Crippen LogP contribution in [0.25, 0.3) is 5.70 Å². The SMILES string of the molecule is C=C(Nc1cc(NCCC2C(c3cc(C)cc(Cl)c3)C2(Cl)Cl)ccc1Cl)c1ccccc1C. The normalized spacial score (nSPS) is 18.6. The Kier molecular flexibility index (Phi) is 7.21. The summed E-state index contributed by atoms with van der Waals surface area (Å²) >= 11 is 25.9. The van der Waals surface area contributed by atoms with E-state index in [0.717, 1.165) is 52.3 Å². The van der Waals surface area contributed by atoms with Gasteiger partial charge in [-0.05, 0) is 67.3 Å². The van der Waals surface area contributed by atoms with E-state index < -0.39 is 4.33 Å². The second-order valence-electron chi connectivity index (χ2n) is 8.65. The molecular formula is C27H26Cl4N2. The van der Waals surface area contributed by atoms with Crippen LogP contribution in [0, 0.1) is 19.8 Å².